The van der Waals surface area contributed by atoms with E-state index in [1.807, 2.05) is 0 Å². The zero-order valence-corrected chi connectivity index (χ0v) is 11.8. The molecule has 1 aromatic rings. The van der Waals surface area contributed by atoms with E-state index in [-0.39, 0.29) is 15.0 Å². The van der Waals surface area contributed by atoms with Crippen LogP contribution in [0.5, 0.6) is 5.75 Å². The molecule has 0 radical (unpaired) electrons. The fourth-order valence-corrected chi connectivity index (χ4v) is 1.80. The van der Waals surface area contributed by atoms with Crippen molar-refractivity contribution in [3.05, 3.63) is 28.2 Å². The molecule has 0 aromatic heterocycles. The van der Waals surface area contributed by atoms with E-state index in [1.54, 1.807) is 0 Å². The van der Waals surface area contributed by atoms with Gasteiger partial charge in [0.05, 0.1) is 4.47 Å². The summed E-state index contributed by atoms with van der Waals surface area (Å²) >= 11 is 7.43. The quantitative estimate of drug-likeness (QED) is 0.635. The van der Waals surface area contributed by atoms with Gasteiger partial charge in [-0.25, -0.2) is 0 Å². The van der Waals surface area contributed by atoms with E-state index < -0.39 is 24.2 Å². The molecule has 0 spiro atoms. The Balaban J connectivity index is 3.10. The van der Waals surface area contributed by atoms with Gasteiger partial charge in [-0.2, -0.15) is 26.3 Å². The number of hydrogen-bond donors (Lipinski definition) is 1. The molecule has 0 atom stereocenters. The topological polar surface area (TPSA) is 35.2 Å². The van der Waals surface area contributed by atoms with Crippen molar-refractivity contribution in [1.82, 2.24) is 0 Å². The molecule has 1 rings (SSSR count). The molecule has 0 aliphatic heterocycles. The van der Waals surface area contributed by atoms with E-state index in [9.17, 15) is 26.3 Å². The van der Waals surface area contributed by atoms with Gasteiger partial charge in [0.25, 0.3) is 6.10 Å². The second-order valence-corrected chi connectivity index (χ2v) is 4.88. The highest BCUT2D eigenvalue weighted by molar-refractivity contribution is 9.10. The van der Waals surface area contributed by atoms with E-state index in [0.717, 1.165) is 12.1 Å². The van der Waals surface area contributed by atoms with Crippen molar-refractivity contribution in [2.45, 2.75) is 18.5 Å². The Morgan fingerprint density at radius 2 is 1.65 bits per heavy atom. The fourth-order valence-electron chi connectivity index (χ4n) is 1.20. The third kappa shape index (κ3) is 4.23. The highest BCUT2D eigenvalue weighted by Gasteiger charge is 2.59. The van der Waals surface area contributed by atoms with Crippen molar-refractivity contribution >= 4 is 33.1 Å². The van der Waals surface area contributed by atoms with Gasteiger partial charge in [0, 0.05) is 5.56 Å². The number of alkyl halides is 6. The molecular formula is C10H6BrF6NOS. The van der Waals surface area contributed by atoms with Crippen molar-refractivity contribution in [2.24, 2.45) is 5.73 Å². The van der Waals surface area contributed by atoms with Crippen molar-refractivity contribution in [3.63, 3.8) is 0 Å². The Bertz CT molecular complexity index is 501. The van der Waals surface area contributed by atoms with E-state index in [1.165, 1.54) is 6.07 Å². The normalized spacial score (nSPS) is 12.6. The van der Waals surface area contributed by atoms with Crippen LogP contribution in [0.1, 0.15) is 5.56 Å². The van der Waals surface area contributed by atoms with Gasteiger partial charge in [-0.05, 0) is 34.1 Å². The van der Waals surface area contributed by atoms with Crippen LogP contribution >= 0.6 is 28.1 Å². The lowest BCUT2D eigenvalue weighted by Crippen LogP contribution is -2.46. The molecule has 1 aromatic carbocycles. The van der Waals surface area contributed by atoms with Gasteiger partial charge in [-0.1, -0.05) is 12.2 Å². The molecule has 20 heavy (non-hydrogen) atoms. The summed E-state index contributed by atoms with van der Waals surface area (Å²) in [7, 11) is 0. The maximum Gasteiger partial charge on any atom is 0.434 e. The molecule has 0 saturated heterocycles. The average Bonchev–Trinajstić information content (AvgIpc) is 2.23. The molecule has 0 amide bonds. The van der Waals surface area contributed by atoms with Gasteiger partial charge < -0.3 is 10.5 Å². The van der Waals surface area contributed by atoms with Crippen LogP contribution in [0, 0.1) is 0 Å². The van der Waals surface area contributed by atoms with Crippen molar-refractivity contribution < 1.29 is 31.1 Å². The number of thiocarbonyl (C=S) groups is 1. The summed E-state index contributed by atoms with van der Waals surface area (Å²) in [6, 6.07) is 3.25. The minimum absolute atomic E-state index is 0.0551. The van der Waals surface area contributed by atoms with Crippen LogP contribution in [0.25, 0.3) is 0 Å². The Morgan fingerprint density at radius 3 is 2.00 bits per heavy atom. The highest BCUT2D eigenvalue weighted by atomic mass is 79.9. The second-order valence-electron chi connectivity index (χ2n) is 3.59. The summed E-state index contributed by atoms with van der Waals surface area (Å²) in [4.78, 5) is -0.0551. The molecule has 2 nitrogen and oxygen atoms in total. The van der Waals surface area contributed by atoms with E-state index in [4.69, 9.17) is 5.73 Å². The number of ether oxygens (including phenoxy) is 1. The smallest absolute Gasteiger partial charge is 0.434 e. The first kappa shape index (κ1) is 17.0. The van der Waals surface area contributed by atoms with Crippen molar-refractivity contribution in [1.29, 1.82) is 0 Å². The van der Waals surface area contributed by atoms with Gasteiger partial charge in [0.15, 0.2) is 0 Å². The molecule has 112 valence electrons. The standard InChI is InChI=1S/C10H6BrF6NOS/c11-5-3-4(7(18)20)1-2-6(5)19-8(9(12,13)14)10(15,16)17/h1-3,8H,(H2,18,20). The SMILES string of the molecule is NC(=S)c1ccc(OC(C(F)(F)F)C(F)(F)F)c(Br)c1. The van der Waals surface area contributed by atoms with Crippen molar-refractivity contribution in [2.75, 3.05) is 0 Å². The number of benzene rings is 1. The lowest BCUT2D eigenvalue weighted by Gasteiger charge is -2.24. The van der Waals surface area contributed by atoms with Gasteiger partial charge in [0.1, 0.15) is 10.7 Å². The minimum atomic E-state index is -5.58. The molecular weight excluding hydrogens is 376 g/mol. The first-order valence-corrected chi connectivity index (χ1v) is 6.02. The summed E-state index contributed by atoms with van der Waals surface area (Å²) in [5.74, 6) is -0.621. The summed E-state index contributed by atoms with van der Waals surface area (Å²) in [5.41, 5.74) is 5.56. The molecule has 0 unspecified atom stereocenters. The summed E-state index contributed by atoms with van der Waals surface area (Å²) in [6.45, 7) is 0. The van der Waals surface area contributed by atoms with Gasteiger partial charge in [-0.3, -0.25) is 0 Å². The maximum absolute atomic E-state index is 12.3. The average molecular weight is 382 g/mol. The van der Waals surface area contributed by atoms with E-state index in [2.05, 4.69) is 32.9 Å². The van der Waals surface area contributed by atoms with Crippen molar-refractivity contribution in [3.8, 4) is 5.75 Å². The molecule has 0 fully saturated rings. The van der Waals surface area contributed by atoms with Crippen LogP contribution in [0.4, 0.5) is 26.3 Å². The predicted molar refractivity (Wildman–Crippen MR) is 66.6 cm³/mol. The number of nitrogens with two attached hydrogens (primary N) is 1. The number of rotatable bonds is 3. The molecule has 0 bridgehead atoms. The zero-order chi connectivity index (χ0) is 15.7. The molecule has 0 aliphatic rings. The molecule has 2 N–H and O–H groups in total. The highest BCUT2D eigenvalue weighted by Crippen LogP contribution is 2.38. The Kier molecular flexibility index (Phi) is 4.90. The lowest BCUT2D eigenvalue weighted by molar-refractivity contribution is -0.300. The van der Waals surface area contributed by atoms with E-state index in [0.29, 0.717) is 0 Å². The molecule has 10 heteroatoms. The summed E-state index contributed by atoms with van der Waals surface area (Å²) < 4.78 is 77.9. The first-order valence-electron chi connectivity index (χ1n) is 4.82. The van der Waals surface area contributed by atoms with E-state index >= 15 is 0 Å². The van der Waals surface area contributed by atoms with Crippen LogP contribution in [0.2, 0.25) is 0 Å². The molecule has 0 heterocycles. The Hall–Kier alpha value is -1.03. The van der Waals surface area contributed by atoms with Gasteiger partial charge >= 0.3 is 12.4 Å². The van der Waals surface area contributed by atoms with Crippen LogP contribution in [-0.2, 0) is 0 Å². The van der Waals surface area contributed by atoms with Gasteiger partial charge in [0.2, 0.25) is 0 Å². The lowest BCUT2D eigenvalue weighted by atomic mass is 10.2. The minimum Gasteiger partial charge on any atom is -0.470 e. The first-order chi connectivity index (χ1) is 8.93. The summed E-state index contributed by atoms with van der Waals surface area (Å²) in [6.07, 6.45) is -15.1. The monoisotopic (exact) mass is 381 g/mol. The Morgan fingerprint density at radius 1 is 1.15 bits per heavy atom. The maximum atomic E-state index is 12.3. The molecule has 0 aliphatic carbocycles. The zero-order valence-electron chi connectivity index (χ0n) is 9.35. The Labute approximate surface area is 123 Å². The van der Waals surface area contributed by atoms with Crippen LogP contribution in [0.15, 0.2) is 22.7 Å². The fraction of sp³-hybridized carbons (Fsp3) is 0.300. The molecule has 0 saturated carbocycles. The summed E-state index contributed by atoms with van der Waals surface area (Å²) in [5, 5.41) is 0. The predicted octanol–water partition coefficient (Wildman–Crippen LogP) is 3.96. The third-order valence-electron chi connectivity index (χ3n) is 2.06. The number of halogens is 7. The van der Waals surface area contributed by atoms with Crippen LogP contribution < -0.4 is 10.5 Å². The van der Waals surface area contributed by atoms with Crippen LogP contribution in [0.3, 0.4) is 0 Å². The van der Waals surface area contributed by atoms with Gasteiger partial charge in [-0.15, -0.1) is 0 Å². The number of hydrogen-bond acceptors (Lipinski definition) is 2. The third-order valence-corrected chi connectivity index (χ3v) is 2.91. The largest absolute Gasteiger partial charge is 0.470 e. The second kappa shape index (κ2) is 5.76. The van der Waals surface area contributed by atoms with Crippen LogP contribution in [-0.4, -0.2) is 23.4 Å².